The second-order valence-corrected chi connectivity index (χ2v) is 6.79. The van der Waals surface area contributed by atoms with Gasteiger partial charge in [-0.15, -0.1) is 0 Å². The van der Waals surface area contributed by atoms with E-state index in [1.165, 1.54) is 14.7 Å². The second kappa shape index (κ2) is 8.69. The highest BCUT2D eigenvalue weighted by Gasteiger charge is 2.15. The number of aromatic nitrogens is 2. The Balaban J connectivity index is 1.95. The van der Waals surface area contributed by atoms with Crippen molar-refractivity contribution in [2.24, 2.45) is 0 Å². The number of benzene rings is 2. The second-order valence-electron chi connectivity index (χ2n) is 6.79. The van der Waals surface area contributed by atoms with Gasteiger partial charge in [0.05, 0.1) is 10.9 Å². The van der Waals surface area contributed by atoms with Gasteiger partial charge in [-0.2, -0.15) is 0 Å². The lowest BCUT2D eigenvalue weighted by molar-refractivity contribution is -0.116. The fourth-order valence-corrected chi connectivity index (χ4v) is 3.21. The van der Waals surface area contributed by atoms with Gasteiger partial charge in [0.15, 0.2) is 0 Å². The van der Waals surface area contributed by atoms with Crippen molar-refractivity contribution >= 4 is 22.5 Å². The number of hydrogen-bond donors (Lipinski definition) is 1. The zero-order valence-electron chi connectivity index (χ0n) is 16.3. The van der Waals surface area contributed by atoms with Crippen LogP contribution in [-0.2, 0) is 24.3 Å². The molecule has 0 saturated carbocycles. The third-order valence-electron chi connectivity index (χ3n) is 4.82. The van der Waals surface area contributed by atoms with Crippen LogP contribution in [0.15, 0.2) is 58.1 Å². The molecule has 3 rings (SSSR count). The Morgan fingerprint density at radius 1 is 0.964 bits per heavy atom. The summed E-state index contributed by atoms with van der Waals surface area (Å²) in [6, 6.07) is 14.5. The van der Waals surface area contributed by atoms with Crippen LogP contribution in [0, 0.1) is 0 Å². The lowest BCUT2D eigenvalue weighted by Crippen LogP contribution is -2.41. The normalized spacial score (nSPS) is 10.9. The third kappa shape index (κ3) is 4.06. The van der Waals surface area contributed by atoms with Crippen LogP contribution in [0.4, 0.5) is 5.69 Å². The zero-order valence-corrected chi connectivity index (χ0v) is 16.3. The topological polar surface area (TPSA) is 73.1 Å². The monoisotopic (exact) mass is 379 g/mol. The summed E-state index contributed by atoms with van der Waals surface area (Å²) in [4.78, 5) is 38.2. The van der Waals surface area contributed by atoms with E-state index in [0.717, 1.165) is 19.3 Å². The lowest BCUT2D eigenvalue weighted by Gasteiger charge is -2.14. The Morgan fingerprint density at radius 3 is 2.36 bits per heavy atom. The van der Waals surface area contributed by atoms with E-state index in [2.05, 4.69) is 12.2 Å². The smallest absolute Gasteiger partial charge is 0.325 e. The van der Waals surface area contributed by atoms with Crippen LogP contribution in [0.3, 0.4) is 0 Å². The number of aryl methyl sites for hydroxylation is 1. The van der Waals surface area contributed by atoms with Gasteiger partial charge in [-0.25, -0.2) is 4.79 Å². The summed E-state index contributed by atoms with van der Waals surface area (Å²) in [6.07, 6.45) is 2.52. The highest BCUT2D eigenvalue weighted by atomic mass is 16.2. The van der Waals surface area contributed by atoms with Crippen LogP contribution in [0.2, 0.25) is 0 Å². The van der Waals surface area contributed by atoms with Crippen LogP contribution < -0.4 is 16.6 Å². The highest BCUT2D eigenvalue weighted by Crippen LogP contribution is 2.11. The fourth-order valence-electron chi connectivity index (χ4n) is 3.21. The third-order valence-corrected chi connectivity index (χ3v) is 4.82. The molecule has 6 nitrogen and oxygen atoms in total. The van der Waals surface area contributed by atoms with Crippen molar-refractivity contribution in [3.63, 3.8) is 0 Å². The maximum absolute atomic E-state index is 12.9. The van der Waals surface area contributed by atoms with Gasteiger partial charge >= 0.3 is 5.69 Å². The predicted octanol–water partition coefficient (Wildman–Crippen LogP) is 3.16. The molecule has 0 aliphatic carbocycles. The quantitative estimate of drug-likeness (QED) is 0.685. The van der Waals surface area contributed by atoms with E-state index < -0.39 is 5.69 Å². The molecule has 2 aromatic carbocycles. The summed E-state index contributed by atoms with van der Waals surface area (Å²) in [5.74, 6) is -0.308. The number of carbonyl (C=O) groups is 1. The molecule has 0 fully saturated rings. The average molecular weight is 379 g/mol. The first kappa shape index (κ1) is 19.6. The van der Waals surface area contributed by atoms with Crippen molar-refractivity contribution in [1.29, 1.82) is 0 Å². The molecule has 0 saturated heterocycles. The number of fused-ring (bicyclic) bond motifs is 1. The van der Waals surface area contributed by atoms with Gasteiger partial charge in [0, 0.05) is 12.2 Å². The zero-order chi connectivity index (χ0) is 20.1. The molecule has 0 aliphatic rings. The predicted molar refractivity (Wildman–Crippen MR) is 112 cm³/mol. The number of unbranched alkanes of at least 4 members (excludes halogenated alkanes) is 1. The van der Waals surface area contributed by atoms with Crippen molar-refractivity contribution in [1.82, 2.24) is 9.13 Å². The fraction of sp³-hybridized carbons (Fsp3) is 0.318. The van der Waals surface area contributed by atoms with Crippen molar-refractivity contribution in [2.45, 2.75) is 46.2 Å². The maximum atomic E-state index is 12.9. The van der Waals surface area contributed by atoms with Gasteiger partial charge in [0.1, 0.15) is 6.54 Å². The first-order chi connectivity index (χ1) is 13.5. The Labute approximate surface area is 163 Å². The van der Waals surface area contributed by atoms with Crippen LogP contribution in [0.5, 0.6) is 0 Å². The highest BCUT2D eigenvalue weighted by molar-refractivity contribution is 5.91. The first-order valence-corrected chi connectivity index (χ1v) is 9.66. The van der Waals surface area contributed by atoms with Crippen LogP contribution in [0.25, 0.3) is 10.9 Å². The van der Waals surface area contributed by atoms with E-state index >= 15 is 0 Å². The molecule has 146 valence electrons. The molecule has 1 heterocycles. The summed E-state index contributed by atoms with van der Waals surface area (Å²) in [6.45, 7) is 4.26. The maximum Gasteiger partial charge on any atom is 0.331 e. The molecule has 0 bridgehead atoms. The molecule has 0 unspecified atom stereocenters. The van der Waals surface area contributed by atoms with E-state index in [-0.39, 0.29) is 18.0 Å². The van der Waals surface area contributed by atoms with Crippen molar-refractivity contribution in [3.8, 4) is 0 Å². The average Bonchev–Trinajstić information content (AvgIpc) is 2.71. The Bertz CT molecular complexity index is 1090. The summed E-state index contributed by atoms with van der Waals surface area (Å²) >= 11 is 0. The summed E-state index contributed by atoms with van der Waals surface area (Å²) in [7, 11) is 0. The van der Waals surface area contributed by atoms with Crippen molar-refractivity contribution in [2.75, 3.05) is 5.32 Å². The van der Waals surface area contributed by atoms with Crippen molar-refractivity contribution < 1.29 is 4.79 Å². The van der Waals surface area contributed by atoms with Crippen LogP contribution in [0.1, 0.15) is 32.3 Å². The Hall–Kier alpha value is -3.15. The summed E-state index contributed by atoms with van der Waals surface area (Å²) < 4.78 is 2.61. The van der Waals surface area contributed by atoms with Crippen LogP contribution in [-0.4, -0.2) is 15.0 Å². The largest absolute Gasteiger partial charge is 0.331 e. The van der Waals surface area contributed by atoms with Gasteiger partial charge in [0.2, 0.25) is 5.91 Å². The first-order valence-electron chi connectivity index (χ1n) is 9.66. The van der Waals surface area contributed by atoms with Gasteiger partial charge in [-0.1, -0.05) is 44.5 Å². The van der Waals surface area contributed by atoms with E-state index in [1.54, 1.807) is 24.3 Å². The summed E-state index contributed by atoms with van der Waals surface area (Å²) in [5, 5.41) is 3.27. The Morgan fingerprint density at radius 2 is 1.68 bits per heavy atom. The molecule has 1 N–H and O–H groups in total. The number of nitrogens with one attached hydrogen (secondary N) is 1. The lowest BCUT2D eigenvalue weighted by atomic mass is 10.1. The minimum absolute atomic E-state index is 0.152. The van der Waals surface area contributed by atoms with Crippen molar-refractivity contribution in [3.05, 3.63) is 74.9 Å². The molecular weight excluding hydrogens is 354 g/mol. The number of carbonyl (C=O) groups excluding carboxylic acids is 1. The van der Waals surface area contributed by atoms with E-state index in [4.69, 9.17) is 0 Å². The van der Waals surface area contributed by atoms with E-state index in [1.807, 2.05) is 31.2 Å². The molecule has 0 atom stereocenters. The number of anilines is 1. The van der Waals surface area contributed by atoms with Crippen LogP contribution >= 0.6 is 0 Å². The molecule has 0 aliphatic heterocycles. The molecule has 1 amide bonds. The van der Waals surface area contributed by atoms with Gasteiger partial charge in [-0.05, 0) is 42.7 Å². The number of rotatable bonds is 7. The molecule has 28 heavy (non-hydrogen) atoms. The SMILES string of the molecule is CCCCn1c(=O)c2ccccc2n(CC(=O)Nc2ccc(CC)cc2)c1=O. The van der Waals surface area contributed by atoms with Gasteiger partial charge < -0.3 is 5.32 Å². The molecular formula is C22H25N3O3. The molecule has 6 heteroatoms. The number of hydrogen-bond acceptors (Lipinski definition) is 3. The van der Waals surface area contributed by atoms with Gasteiger partial charge in [0.25, 0.3) is 5.56 Å². The van der Waals surface area contributed by atoms with Gasteiger partial charge in [-0.3, -0.25) is 18.7 Å². The number of para-hydroxylation sites is 1. The molecule has 0 spiro atoms. The standard InChI is InChI=1S/C22H25N3O3/c1-3-5-14-24-21(27)18-8-6-7-9-19(18)25(22(24)28)15-20(26)23-17-12-10-16(4-2)11-13-17/h6-13H,3-5,14-15H2,1-2H3,(H,23,26). The van der Waals surface area contributed by atoms with E-state index in [0.29, 0.717) is 23.1 Å². The Kier molecular flexibility index (Phi) is 6.09. The minimum Gasteiger partial charge on any atom is -0.325 e. The molecule has 3 aromatic rings. The number of nitrogens with zero attached hydrogens (tertiary/aromatic N) is 2. The summed E-state index contributed by atoms with van der Waals surface area (Å²) in [5.41, 5.74) is 1.58. The molecule has 0 radical (unpaired) electrons. The van der Waals surface area contributed by atoms with E-state index in [9.17, 15) is 14.4 Å². The number of amides is 1. The minimum atomic E-state index is -0.450. The molecule has 1 aromatic heterocycles.